The van der Waals surface area contributed by atoms with Crippen molar-refractivity contribution < 1.29 is 19.8 Å². The van der Waals surface area contributed by atoms with Crippen molar-refractivity contribution in [3.63, 3.8) is 0 Å². The molecule has 0 aliphatic rings. The average Bonchev–Trinajstić information content (AvgIpc) is 1.65. The summed E-state index contributed by atoms with van der Waals surface area (Å²) in [6.07, 6.45) is -0.288. The maximum atomic E-state index is 10.2. The summed E-state index contributed by atoms with van der Waals surface area (Å²) >= 11 is 0. The van der Waals surface area contributed by atoms with Crippen molar-refractivity contribution in [3.05, 3.63) is 0 Å². The van der Waals surface area contributed by atoms with Gasteiger partial charge >= 0.3 is 0 Å². The molecule has 0 unspecified atom stereocenters. The Kier molecular flexibility index (Phi) is 2.48. The quantitative estimate of drug-likeness (QED) is 0.375. The molecule has 0 fully saturated rings. The molecular weight excluding hydrogens is 124 g/mol. The summed E-state index contributed by atoms with van der Waals surface area (Å²) in [5, 5.41) is 17.1. The van der Waals surface area contributed by atoms with Crippen LogP contribution in [-0.4, -0.2) is 28.1 Å². The molecule has 0 aliphatic carbocycles. The van der Waals surface area contributed by atoms with Crippen molar-refractivity contribution in [1.29, 1.82) is 0 Å². The fourth-order valence-corrected chi connectivity index (χ4v) is 0.260. The summed E-state index contributed by atoms with van der Waals surface area (Å²) in [5.74, 6) is -3.28. The van der Waals surface area contributed by atoms with E-state index in [9.17, 15) is 9.59 Å². The van der Waals surface area contributed by atoms with Gasteiger partial charge in [-0.2, -0.15) is 0 Å². The van der Waals surface area contributed by atoms with Crippen LogP contribution in [0.1, 0.15) is 13.3 Å². The molecule has 0 spiro atoms. The third-order valence-electron chi connectivity index (χ3n) is 0.932. The highest BCUT2D eigenvalue weighted by molar-refractivity contribution is 5.85. The Morgan fingerprint density at radius 2 is 2.11 bits per heavy atom. The molecule has 2 N–H and O–H groups in total. The standard InChI is InChI=1S/C5H8O4/c1-4(7)5(8,9)2-3-6/h3,8-9H,2H2,1H3. The van der Waals surface area contributed by atoms with E-state index in [1.54, 1.807) is 0 Å². The first-order valence-corrected chi connectivity index (χ1v) is 2.40. The van der Waals surface area contributed by atoms with Crippen molar-refractivity contribution in [3.8, 4) is 0 Å². The first-order valence-electron chi connectivity index (χ1n) is 2.40. The molecule has 9 heavy (non-hydrogen) atoms. The summed E-state index contributed by atoms with van der Waals surface area (Å²) in [5.41, 5.74) is 0. The number of rotatable bonds is 3. The minimum Gasteiger partial charge on any atom is -0.359 e. The number of Topliss-reactive ketones (excluding diaryl/α,β-unsaturated/α-hetero) is 1. The molecule has 0 aromatic rings. The number of ketones is 1. The Balaban J connectivity index is 4.00. The lowest BCUT2D eigenvalue weighted by atomic mass is 10.1. The highest BCUT2D eigenvalue weighted by atomic mass is 16.5. The molecule has 0 saturated heterocycles. The molecule has 0 amide bonds. The minimum absolute atomic E-state index is 0.279. The molecule has 0 heterocycles. The summed E-state index contributed by atoms with van der Waals surface area (Å²) in [6, 6.07) is 0. The van der Waals surface area contributed by atoms with Crippen molar-refractivity contribution in [2.24, 2.45) is 0 Å². The van der Waals surface area contributed by atoms with Crippen molar-refractivity contribution in [2.75, 3.05) is 0 Å². The van der Waals surface area contributed by atoms with Crippen LogP contribution in [0.3, 0.4) is 0 Å². The van der Waals surface area contributed by atoms with Crippen LogP contribution in [-0.2, 0) is 9.59 Å². The number of hydrogen-bond donors (Lipinski definition) is 2. The van der Waals surface area contributed by atoms with Crippen LogP contribution < -0.4 is 0 Å². The fraction of sp³-hybridized carbons (Fsp3) is 0.600. The smallest absolute Gasteiger partial charge is 0.230 e. The lowest BCUT2D eigenvalue weighted by molar-refractivity contribution is -0.182. The monoisotopic (exact) mass is 132 g/mol. The van der Waals surface area contributed by atoms with Crippen LogP contribution in [0, 0.1) is 0 Å². The molecule has 0 aromatic carbocycles. The lowest BCUT2D eigenvalue weighted by Gasteiger charge is -2.13. The van der Waals surface area contributed by atoms with Crippen LogP contribution in [0.2, 0.25) is 0 Å². The molecule has 0 rings (SSSR count). The average molecular weight is 132 g/mol. The second-order valence-corrected chi connectivity index (χ2v) is 1.74. The van der Waals surface area contributed by atoms with E-state index in [1.165, 1.54) is 0 Å². The largest absolute Gasteiger partial charge is 0.359 e. The topological polar surface area (TPSA) is 74.6 Å². The van der Waals surface area contributed by atoms with Crippen LogP contribution in [0.25, 0.3) is 0 Å². The second kappa shape index (κ2) is 2.70. The van der Waals surface area contributed by atoms with Crippen molar-refractivity contribution in [2.45, 2.75) is 19.1 Å². The number of carbonyl (C=O) groups is 2. The van der Waals surface area contributed by atoms with E-state index in [0.29, 0.717) is 0 Å². The van der Waals surface area contributed by atoms with Gasteiger partial charge in [0.2, 0.25) is 5.79 Å². The normalized spacial score (nSPS) is 11.0. The molecule has 4 nitrogen and oxygen atoms in total. The highest BCUT2D eigenvalue weighted by Crippen LogP contribution is 2.03. The van der Waals surface area contributed by atoms with Gasteiger partial charge in [-0.05, 0) is 0 Å². The van der Waals surface area contributed by atoms with Gasteiger partial charge in [-0.3, -0.25) is 4.79 Å². The minimum atomic E-state index is -2.46. The van der Waals surface area contributed by atoms with Gasteiger partial charge in [0, 0.05) is 6.92 Å². The van der Waals surface area contributed by atoms with Gasteiger partial charge in [0.25, 0.3) is 0 Å². The molecule has 0 atom stereocenters. The number of aldehydes is 1. The Morgan fingerprint density at radius 3 is 2.22 bits per heavy atom. The van der Waals surface area contributed by atoms with Gasteiger partial charge in [-0.1, -0.05) is 0 Å². The molecule has 0 aromatic heterocycles. The molecule has 0 aliphatic heterocycles. The third-order valence-corrected chi connectivity index (χ3v) is 0.932. The second-order valence-electron chi connectivity index (χ2n) is 1.74. The van der Waals surface area contributed by atoms with Gasteiger partial charge in [0.15, 0.2) is 5.78 Å². The number of carbonyl (C=O) groups excluding carboxylic acids is 2. The van der Waals surface area contributed by atoms with E-state index in [1.807, 2.05) is 0 Å². The molecule has 4 heteroatoms. The fourth-order valence-electron chi connectivity index (χ4n) is 0.260. The Labute approximate surface area is 52.1 Å². The van der Waals surface area contributed by atoms with E-state index in [4.69, 9.17) is 10.2 Å². The summed E-state index contributed by atoms with van der Waals surface area (Å²) < 4.78 is 0. The molecular formula is C5H8O4. The SMILES string of the molecule is CC(=O)C(O)(O)CC=O. The maximum Gasteiger partial charge on any atom is 0.230 e. The lowest BCUT2D eigenvalue weighted by Crippen LogP contribution is -2.36. The predicted molar refractivity (Wildman–Crippen MR) is 28.5 cm³/mol. The van der Waals surface area contributed by atoms with Crippen LogP contribution in [0.4, 0.5) is 0 Å². The van der Waals surface area contributed by atoms with Crippen molar-refractivity contribution >= 4 is 12.1 Å². The summed E-state index contributed by atoms with van der Waals surface area (Å²) in [4.78, 5) is 19.8. The zero-order chi connectivity index (χ0) is 7.49. The Hall–Kier alpha value is -0.740. The van der Waals surface area contributed by atoms with Crippen LogP contribution in [0.5, 0.6) is 0 Å². The van der Waals surface area contributed by atoms with Gasteiger partial charge < -0.3 is 15.0 Å². The zero-order valence-electron chi connectivity index (χ0n) is 5.00. The van der Waals surface area contributed by atoms with Gasteiger partial charge in [-0.15, -0.1) is 0 Å². The van der Waals surface area contributed by atoms with Gasteiger partial charge in [-0.25, -0.2) is 0 Å². The number of hydrogen-bond acceptors (Lipinski definition) is 4. The Morgan fingerprint density at radius 1 is 1.67 bits per heavy atom. The molecule has 0 radical (unpaired) electrons. The van der Waals surface area contributed by atoms with E-state index >= 15 is 0 Å². The third kappa shape index (κ3) is 2.34. The van der Waals surface area contributed by atoms with Crippen LogP contribution in [0.15, 0.2) is 0 Å². The van der Waals surface area contributed by atoms with E-state index in [2.05, 4.69) is 0 Å². The zero-order valence-corrected chi connectivity index (χ0v) is 5.00. The van der Waals surface area contributed by atoms with Gasteiger partial charge in [0.1, 0.15) is 6.29 Å². The first kappa shape index (κ1) is 8.26. The van der Waals surface area contributed by atoms with Crippen molar-refractivity contribution in [1.82, 2.24) is 0 Å². The number of aliphatic hydroxyl groups is 2. The Bertz CT molecular complexity index is 127. The molecule has 52 valence electrons. The maximum absolute atomic E-state index is 10.2. The summed E-state index contributed by atoms with van der Waals surface area (Å²) in [7, 11) is 0. The van der Waals surface area contributed by atoms with E-state index < -0.39 is 18.0 Å². The molecule has 0 bridgehead atoms. The predicted octanol–water partition coefficient (Wildman–Crippen LogP) is -1.15. The summed E-state index contributed by atoms with van der Waals surface area (Å²) in [6.45, 7) is 1.00. The van der Waals surface area contributed by atoms with E-state index in [0.717, 1.165) is 6.92 Å². The highest BCUT2D eigenvalue weighted by Gasteiger charge is 2.27. The van der Waals surface area contributed by atoms with E-state index in [-0.39, 0.29) is 6.29 Å². The van der Waals surface area contributed by atoms with Gasteiger partial charge in [0.05, 0.1) is 6.42 Å². The van der Waals surface area contributed by atoms with Crippen LogP contribution >= 0.6 is 0 Å². The molecule has 0 saturated carbocycles. The first-order chi connectivity index (χ1) is 4.00.